The Morgan fingerprint density at radius 3 is 2.58 bits per heavy atom. The molecule has 0 aliphatic carbocycles. The zero-order valence-electron chi connectivity index (χ0n) is 10.7. The Morgan fingerprint density at radius 1 is 1.21 bits per heavy atom. The first-order valence-electron chi connectivity index (χ1n) is 6.33. The topological polar surface area (TPSA) is 59.5 Å². The number of rotatable bonds is 3. The molecule has 19 heavy (non-hydrogen) atoms. The summed E-state index contributed by atoms with van der Waals surface area (Å²) < 4.78 is 5.60. The fraction of sp³-hybridized carbons (Fsp3) is 0.267. The number of hydrogen-bond acceptors (Lipinski definition) is 3. The van der Waals surface area contributed by atoms with E-state index >= 15 is 0 Å². The normalized spacial score (nSPS) is 22.4. The highest BCUT2D eigenvalue weighted by Gasteiger charge is 2.47. The van der Waals surface area contributed by atoms with Crippen LogP contribution >= 0.6 is 0 Å². The van der Waals surface area contributed by atoms with Crippen LogP contribution in [0.15, 0.2) is 46.9 Å². The highest BCUT2D eigenvalue weighted by molar-refractivity contribution is 5.89. The second kappa shape index (κ2) is 4.55. The van der Waals surface area contributed by atoms with Crippen LogP contribution in [0.25, 0.3) is 0 Å². The van der Waals surface area contributed by atoms with Crippen molar-refractivity contribution >= 4 is 5.91 Å². The molecule has 98 valence electrons. The van der Waals surface area contributed by atoms with Crippen molar-refractivity contribution < 1.29 is 9.21 Å². The van der Waals surface area contributed by atoms with Crippen LogP contribution in [0.4, 0.5) is 0 Å². The summed E-state index contributed by atoms with van der Waals surface area (Å²) in [6.45, 7) is 2.45. The molecule has 2 aromatic rings. The Hall–Kier alpha value is -2.07. The number of likely N-dealkylation sites (tertiary alicyclic amines) is 1. The lowest BCUT2D eigenvalue weighted by atomic mass is 9.93. The fourth-order valence-corrected chi connectivity index (χ4v) is 2.47. The quantitative estimate of drug-likeness (QED) is 0.854. The third-order valence-corrected chi connectivity index (χ3v) is 3.49. The van der Waals surface area contributed by atoms with E-state index in [0.29, 0.717) is 6.54 Å². The van der Waals surface area contributed by atoms with Crippen molar-refractivity contribution in [1.82, 2.24) is 4.90 Å². The van der Waals surface area contributed by atoms with Crippen LogP contribution in [0, 0.1) is 6.92 Å². The van der Waals surface area contributed by atoms with Gasteiger partial charge in [0.1, 0.15) is 23.6 Å². The molecule has 2 atom stereocenters. The molecule has 2 N–H and O–H groups in total. The Labute approximate surface area is 111 Å². The van der Waals surface area contributed by atoms with Gasteiger partial charge in [-0.15, -0.1) is 0 Å². The van der Waals surface area contributed by atoms with Crippen LogP contribution in [0.5, 0.6) is 0 Å². The first-order chi connectivity index (χ1) is 9.16. The zero-order valence-corrected chi connectivity index (χ0v) is 10.7. The summed E-state index contributed by atoms with van der Waals surface area (Å²) in [5.41, 5.74) is 6.99. The van der Waals surface area contributed by atoms with E-state index in [1.807, 2.05) is 49.4 Å². The van der Waals surface area contributed by atoms with Gasteiger partial charge in [-0.2, -0.15) is 0 Å². The molecule has 0 saturated carbocycles. The van der Waals surface area contributed by atoms with Gasteiger partial charge in [-0.1, -0.05) is 30.3 Å². The standard InChI is InChI=1S/C15H16N2O2/c1-10-7-8-12(19-10)14-13(16)15(18)17(14)9-11-5-3-2-4-6-11/h2-8,13-14H,9,16H2,1H3/t13-,14-/m1/s1. The molecule has 1 amide bonds. The van der Waals surface area contributed by atoms with Gasteiger partial charge in [-0.3, -0.25) is 4.79 Å². The Balaban J connectivity index is 1.82. The first-order valence-corrected chi connectivity index (χ1v) is 6.33. The maximum atomic E-state index is 11.9. The lowest BCUT2D eigenvalue weighted by Crippen LogP contribution is -2.62. The summed E-state index contributed by atoms with van der Waals surface area (Å²) in [5, 5.41) is 0. The van der Waals surface area contributed by atoms with Gasteiger partial charge in [0.05, 0.1) is 0 Å². The summed E-state index contributed by atoms with van der Waals surface area (Å²) >= 11 is 0. The van der Waals surface area contributed by atoms with E-state index in [1.54, 1.807) is 4.90 Å². The van der Waals surface area contributed by atoms with Crippen LogP contribution in [-0.4, -0.2) is 16.8 Å². The van der Waals surface area contributed by atoms with Crippen molar-refractivity contribution in [2.24, 2.45) is 5.73 Å². The maximum absolute atomic E-state index is 11.9. The number of hydrogen-bond donors (Lipinski definition) is 1. The van der Waals surface area contributed by atoms with E-state index in [-0.39, 0.29) is 11.9 Å². The Bertz CT molecular complexity index is 591. The number of carbonyl (C=O) groups is 1. The lowest BCUT2D eigenvalue weighted by molar-refractivity contribution is -0.151. The molecule has 4 heteroatoms. The molecule has 0 spiro atoms. The number of β-lactam (4-membered cyclic amide) rings is 1. The molecule has 3 rings (SSSR count). The van der Waals surface area contributed by atoms with Crippen molar-refractivity contribution in [3.63, 3.8) is 0 Å². The van der Waals surface area contributed by atoms with Crippen LogP contribution in [0.2, 0.25) is 0 Å². The Morgan fingerprint density at radius 2 is 1.95 bits per heavy atom. The number of amides is 1. The highest BCUT2D eigenvalue weighted by Crippen LogP contribution is 2.35. The van der Waals surface area contributed by atoms with Gasteiger partial charge in [0.15, 0.2) is 0 Å². The zero-order chi connectivity index (χ0) is 13.4. The molecule has 1 aromatic carbocycles. The predicted molar refractivity (Wildman–Crippen MR) is 71.2 cm³/mol. The summed E-state index contributed by atoms with van der Waals surface area (Å²) in [6.07, 6.45) is 0. The van der Waals surface area contributed by atoms with Gasteiger partial charge in [0, 0.05) is 6.54 Å². The minimum Gasteiger partial charge on any atom is -0.464 e. The number of nitrogens with two attached hydrogens (primary N) is 1. The van der Waals surface area contributed by atoms with Gasteiger partial charge in [0.2, 0.25) is 5.91 Å². The fourth-order valence-electron chi connectivity index (χ4n) is 2.47. The van der Waals surface area contributed by atoms with Crippen molar-refractivity contribution in [2.45, 2.75) is 25.6 Å². The number of furan rings is 1. The van der Waals surface area contributed by atoms with E-state index in [4.69, 9.17) is 10.2 Å². The third kappa shape index (κ3) is 2.04. The number of carbonyl (C=O) groups excluding carboxylic acids is 1. The summed E-state index contributed by atoms with van der Waals surface area (Å²) in [6, 6.07) is 13.0. The van der Waals surface area contributed by atoms with E-state index in [2.05, 4.69) is 0 Å². The molecule has 1 aliphatic heterocycles. The smallest absolute Gasteiger partial charge is 0.243 e. The van der Waals surface area contributed by atoms with Crippen LogP contribution in [0.3, 0.4) is 0 Å². The van der Waals surface area contributed by atoms with Crippen molar-refractivity contribution in [2.75, 3.05) is 0 Å². The van der Waals surface area contributed by atoms with Crippen LogP contribution < -0.4 is 5.73 Å². The molecule has 0 unspecified atom stereocenters. The second-order valence-corrected chi connectivity index (χ2v) is 4.87. The van der Waals surface area contributed by atoms with E-state index in [1.165, 1.54) is 0 Å². The third-order valence-electron chi connectivity index (χ3n) is 3.49. The highest BCUT2D eigenvalue weighted by atomic mass is 16.3. The monoisotopic (exact) mass is 256 g/mol. The van der Waals surface area contributed by atoms with E-state index in [0.717, 1.165) is 17.1 Å². The SMILES string of the molecule is Cc1ccc([C@@H]2[C@@H](N)C(=O)N2Cc2ccccc2)o1. The number of aryl methyl sites for hydroxylation is 1. The molecule has 1 fully saturated rings. The molecular formula is C15H16N2O2. The lowest BCUT2D eigenvalue weighted by Gasteiger charge is -2.44. The van der Waals surface area contributed by atoms with Crippen LogP contribution in [-0.2, 0) is 11.3 Å². The molecule has 1 aliphatic rings. The van der Waals surface area contributed by atoms with Crippen molar-refractivity contribution in [3.05, 3.63) is 59.5 Å². The average Bonchev–Trinajstić information content (AvgIpc) is 2.85. The van der Waals surface area contributed by atoms with Gasteiger partial charge in [-0.05, 0) is 24.6 Å². The minimum atomic E-state index is -0.491. The molecule has 0 bridgehead atoms. The van der Waals surface area contributed by atoms with Crippen molar-refractivity contribution in [3.8, 4) is 0 Å². The van der Waals surface area contributed by atoms with Gasteiger partial charge >= 0.3 is 0 Å². The Kier molecular flexibility index (Phi) is 2.87. The number of benzene rings is 1. The summed E-state index contributed by atoms with van der Waals surface area (Å²) in [5.74, 6) is 1.57. The van der Waals surface area contributed by atoms with E-state index < -0.39 is 6.04 Å². The summed E-state index contributed by atoms with van der Waals surface area (Å²) in [7, 11) is 0. The summed E-state index contributed by atoms with van der Waals surface area (Å²) in [4.78, 5) is 13.7. The van der Waals surface area contributed by atoms with E-state index in [9.17, 15) is 4.79 Å². The van der Waals surface area contributed by atoms with Gasteiger partial charge < -0.3 is 15.1 Å². The predicted octanol–water partition coefficient (Wildman–Crippen LogP) is 2.00. The second-order valence-electron chi connectivity index (χ2n) is 4.87. The van der Waals surface area contributed by atoms with Gasteiger partial charge in [-0.25, -0.2) is 0 Å². The van der Waals surface area contributed by atoms with Crippen LogP contribution in [0.1, 0.15) is 23.1 Å². The molecule has 2 heterocycles. The molecular weight excluding hydrogens is 240 g/mol. The van der Waals surface area contributed by atoms with Crippen molar-refractivity contribution in [1.29, 1.82) is 0 Å². The number of nitrogens with zero attached hydrogens (tertiary/aromatic N) is 1. The molecule has 1 saturated heterocycles. The minimum absolute atomic E-state index is 0.0251. The largest absolute Gasteiger partial charge is 0.464 e. The van der Waals surface area contributed by atoms with Gasteiger partial charge in [0.25, 0.3) is 0 Å². The maximum Gasteiger partial charge on any atom is 0.243 e. The average molecular weight is 256 g/mol. The molecule has 4 nitrogen and oxygen atoms in total. The molecule has 1 aromatic heterocycles. The molecule has 0 radical (unpaired) electrons. The first kappa shape index (κ1) is 12.0.